The minimum Gasteiger partial charge on any atom is -0.505 e. The number of H-pyrrole nitrogens is 1. The highest BCUT2D eigenvalue weighted by Gasteiger charge is 2.23. The monoisotopic (exact) mass is 314 g/mol. The van der Waals surface area contributed by atoms with Gasteiger partial charge in [0.15, 0.2) is 17.4 Å². The fourth-order valence-electron chi connectivity index (χ4n) is 2.90. The van der Waals surface area contributed by atoms with E-state index in [1.807, 2.05) is 0 Å². The van der Waals surface area contributed by atoms with Gasteiger partial charge < -0.3 is 10.1 Å². The number of aromatic nitrogens is 4. The summed E-state index contributed by atoms with van der Waals surface area (Å²) in [4.78, 5) is 29.8. The molecule has 1 aliphatic carbocycles. The number of hydrogen-bond acceptors (Lipinski definition) is 6. The van der Waals surface area contributed by atoms with Crippen molar-refractivity contribution in [3.63, 3.8) is 0 Å². The molecule has 1 atom stereocenters. The van der Waals surface area contributed by atoms with E-state index in [-0.39, 0.29) is 11.3 Å². The zero-order valence-corrected chi connectivity index (χ0v) is 12.8. The number of hydrogen-bond donors (Lipinski definition) is 2. The van der Waals surface area contributed by atoms with E-state index in [2.05, 4.69) is 26.9 Å². The number of aromatic hydroxyl groups is 1. The highest BCUT2D eigenvalue weighted by atomic mass is 32.1. The number of rotatable bonds is 1. The molecule has 0 saturated carbocycles. The van der Waals surface area contributed by atoms with Gasteiger partial charge >= 0.3 is 0 Å². The van der Waals surface area contributed by atoms with Gasteiger partial charge in [-0.15, -0.1) is 11.3 Å². The molecule has 0 fully saturated rings. The predicted octanol–water partition coefficient (Wildman–Crippen LogP) is 2.27. The minimum absolute atomic E-state index is 0.0206. The van der Waals surface area contributed by atoms with Crippen molar-refractivity contribution in [2.24, 2.45) is 5.92 Å². The maximum Gasteiger partial charge on any atom is 0.260 e. The normalized spacial score (nSPS) is 17.6. The summed E-state index contributed by atoms with van der Waals surface area (Å²) in [6, 6.07) is 0. The average Bonchev–Trinajstić information content (AvgIpc) is 2.85. The van der Waals surface area contributed by atoms with E-state index in [0.717, 1.165) is 35.0 Å². The van der Waals surface area contributed by atoms with Crippen molar-refractivity contribution in [1.82, 2.24) is 19.9 Å². The third kappa shape index (κ3) is 2.09. The summed E-state index contributed by atoms with van der Waals surface area (Å²) < 4.78 is 0. The van der Waals surface area contributed by atoms with Crippen molar-refractivity contribution in [2.75, 3.05) is 0 Å². The molecular weight excluding hydrogens is 300 g/mol. The van der Waals surface area contributed by atoms with Gasteiger partial charge in [-0.25, -0.2) is 15.0 Å². The Morgan fingerprint density at radius 1 is 1.36 bits per heavy atom. The quantitative estimate of drug-likeness (QED) is 0.719. The van der Waals surface area contributed by atoms with Gasteiger partial charge in [-0.3, -0.25) is 4.79 Å². The summed E-state index contributed by atoms with van der Waals surface area (Å²) in [7, 11) is 0. The van der Waals surface area contributed by atoms with E-state index in [9.17, 15) is 9.90 Å². The lowest BCUT2D eigenvalue weighted by molar-refractivity contribution is 0.470. The molecule has 6 nitrogen and oxygen atoms in total. The first-order valence-electron chi connectivity index (χ1n) is 7.18. The molecule has 0 aliphatic heterocycles. The summed E-state index contributed by atoms with van der Waals surface area (Å²) in [5, 5.41) is 9.97. The molecule has 0 unspecified atom stereocenters. The fraction of sp³-hybridized carbons (Fsp3) is 0.333. The van der Waals surface area contributed by atoms with E-state index in [1.54, 1.807) is 11.3 Å². The van der Waals surface area contributed by atoms with Gasteiger partial charge in [0.25, 0.3) is 5.56 Å². The molecule has 3 aromatic rings. The molecule has 4 rings (SSSR count). The van der Waals surface area contributed by atoms with Gasteiger partial charge in [-0.05, 0) is 30.7 Å². The predicted molar refractivity (Wildman–Crippen MR) is 84.1 cm³/mol. The van der Waals surface area contributed by atoms with Crippen LogP contribution in [0.4, 0.5) is 0 Å². The summed E-state index contributed by atoms with van der Waals surface area (Å²) in [6.45, 7) is 2.24. The highest BCUT2D eigenvalue weighted by molar-refractivity contribution is 7.18. The maximum atomic E-state index is 12.5. The second-order valence-electron chi connectivity index (χ2n) is 5.71. The zero-order chi connectivity index (χ0) is 15.3. The number of thiophene rings is 1. The molecule has 112 valence electrons. The number of nitrogens with one attached hydrogen (secondary N) is 1. The molecule has 0 radical (unpaired) electrons. The van der Waals surface area contributed by atoms with E-state index in [0.29, 0.717) is 17.6 Å². The number of aryl methyl sites for hydroxylation is 1. The van der Waals surface area contributed by atoms with Crippen LogP contribution in [-0.4, -0.2) is 25.0 Å². The van der Waals surface area contributed by atoms with Crippen LogP contribution in [0, 0.1) is 5.92 Å². The van der Waals surface area contributed by atoms with Crippen LogP contribution in [0.15, 0.2) is 17.2 Å². The molecular formula is C15H14N4O2S. The molecule has 22 heavy (non-hydrogen) atoms. The maximum absolute atomic E-state index is 12.5. The average molecular weight is 314 g/mol. The SMILES string of the molecule is C[C@H]1CCc2c(sc3nc(-c4ncc(O)cn4)[nH]c(=O)c23)C1. The molecule has 0 bridgehead atoms. The van der Waals surface area contributed by atoms with Crippen molar-refractivity contribution in [1.29, 1.82) is 0 Å². The van der Waals surface area contributed by atoms with Crippen molar-refractivity contribution < 1.29 is 5.11 Å². The smallest absolute Gasteiger partial charge is 0.260 e. The lowest BCUT2D eigenvalue weighted by Crippen LogP contribution is -2.14. The largest absolute Gasteiger partial charge is 0.505 e. The first-order chi connectivity index (χ1) is 10.6. The fourth-order valence-corrected chi connectivity index (χ4v) is 4.28. The van der Waals surface area contributed by atoms with Gasteiger partial charge in [0.2, 0.25) is 0 Å². The van der Waals surface area contributed by atoms with Crippen LogP contribution in [0.1, 0.15) is 23.8 Å². The molecule has 0 aromatic carbocycles. The third-order valence-corrected chi connectivity index (χ3v) is 5.16. The van der Waals surface area contributed by atoms with Gasteiger partial charge in [0.1, 0.15) is 4.83 Å². The topological polar surface area (TPSA) is 91.8 Å². The van der Waals surface area contributed by atoms with Crippen molar-refractivity contribution in [3.05, 3.63) is 33.2 Å². The summed E-state index contributed by atoms with van der Waals surface area (Å²) >= 11 is 1.59. The summed E-state index contributed by atoms with van der Waals surface area (Å²) in [5.41, 5.74) is 1.02. The summed E-state index contributed by atoms with van der Waals surface area (Å²) in [5.74, 6) is 1.27. The summed E-state index contributed by atoms with van der Waals surface area (Å²) in [6.07, 6.45) is 5.64. The van der Waals surface area contributed by atoms with E-state index >= 15 is 0 Å². The number of fused-ring (bicyclic) bond motifs is 3. The second kappa shape index (κ2) is 4.88. The van der Waals surface area contributed by atoms with E-state index in [4.69, 9.17) is 0 Å². The Morgan fingerprint density at radius 2 is 2.14 bits per heavy atom. The molecule has 0 saturated heterocycles. The van der Waals surface area contributed by atoms with E-state index < -0.39 is 0 Å². The molecule has 1 aliphatic rings. The Kier molecular flexibility index (Phi) is 2.97. The molecule has 3 heterocycles. The van der Waals surface area contributed by atoms with Crippen molar-refractivity contribution >= 4 is 21.6 Å². The van der Waals surface area contributed by atoms with Crippen LogP contribution in [0.5, 0.6) is 5.75 Å². The van der Waals surface area contributed by atoms with Crippen LogP contribution >= 0.6 is 11.3 Å². The Morgan fingerprint density at radius 3 is 2.91 bits per heavy atom. The second-order valence-corrected chi connectivity index (χ2v) is 6.79. The molecule has 2 N–H and O–H groups in total. The van der Waals surface area contributed by atoms with E-state index in [1.165, 1.54) is 17.3 Å². The highest BCUT2D eigenvalue weighted by Crippen LogP contribution is 2.35. The van der Waals surface area contributed by atoms with Crippen LogP contribution in [0.25, 0.3) is 21.9 Å². The van der Waals surface area contributed by atoms with Gasteiger partial charge in [-0.2, -0.15) is 0 Å². The first-order valence-corrected chi connectivity index (χ1v) is 7.99. The van der Waals surface area contributed by atoms with Crippen LogP contribution in [-0.2, 0) is 12.8 Å². The van der Waals surface area contributed by atoms with Crippen molar-refractivity contribution in [2.45, 2.75) is 26.2 Å². The number of aromatic amines is 1. The number of nitrogens with zero attached hydrogens (tertiary/aromatic N) is 3. The first kappa shape index (κ1) is 13.4. The molecule has 3 aromatic heterocycles. The van der Waals surface area contributed by atoms with Crippen LogP contribution < -0.4 is 5.56 Å². The van der Waals surface area contributed by atoms with Gasteiger partial charge in [0.05, 0.1) is 17.8 Å². The van der Waals surface area contributed by atoms with Crippen molar-refractivity contribution in [3.8, 4) is 17.4 Å². The zero-order valence-electron chi connectivity index (χ0n) is 12.0. The van der Waals surface area contributed by atoms with Gasteiger partial charge in [0, 0.05) is 4.88 Å². The Balaban J connectivity index is 1.90. The lowest BCUT2D eigenvalue weighted by atomic mass is 9.89. The molecule has 7 heteroatoms. The Labute approximate surface area is 129 Å². The molecule has 0 spiro atoms. The third-order valence-electron chi connectivity index (χ3n) is 4.02. The minimum atomic E-state index is -0.135. The standard InChI is InChI=1S/C15H14N4O2S/c1-7-2-3-9-10(4-7)22-15-11(9)14(21)18-13(19-15)12-16-5-8(20)6-17-12/h5-7,20H,2-4H2,1H3,(H,18,19,21)/t7-/m0/s1. The van der Waals surface area contributed by atoms with Crippen LogP contribution in [0.2, 0.25) is 0 Å². The Hall–Kier alpha value is -2.28. The molecule has 0 amide bonds. The lowest BCUT2D eigenvalue weighted by Gasteiger charge is -2.17. The Bertz CT molecular complexity index is 914. The van der Waals surface area contributed by atoms with Gasteiger partial charge in [-0.1, -0.05) is 6.92 Å². The van der Waals surface area contributed by atoms with Crippen LogP contribution in [0.3, 0.4) is 0 Å².